The van der Waals surface area contributed by atoms with Crippen molar-refractivity contribution in [3.05, 3.63) is 36.4 Å². The fraction of sp³-hybridized carbons (Fsp3) is 0.200. The molecule has 0 aliphatic rings. The van der Waals surface area contributed by atoms with Gasteiger partial charge in [0.25, 0.3) is 0 Å². The number of ether oxygens (including phenoxy) is 2. The molecule has 0 amide bonds. The minimum Gasteiger partial charge on any atom is -0.406 e. The van der Waals surface area contributed by atoms with Crippen molar-refractivity contribution < 1.29 is 35.8 Å². The Kier molecular flexibility index (Phi) is 3.78. The average molecular weight is 271 g/mol. The summed E-state index contributed by atoms with van der Waals surface area (Å²) in [6.45, 7) is 3.05. The van der Waals surface area contributed by atoms with Crippen LogP contribution in [-0.2, 0) is 0 Å². The van der Waals surface area contributed by atoms with Crippen LogP contribution in [0, 0.1) is 6.08 Å². The maximum atomic E-state index is 11.9. The van der Waals surface area contributed by atoms with Crippen LogP contribution in [0.25, 0.3) is 0 Å². The zero-order valence-electron chi connectivity index (χ0n) is 8.52. The van der Waals surface area contributed by atoms with Crippen molar-refractivity contribution in [2.75, 3.05) is 0 Å². The van der Waals surface area contributed by atoms with E-state index >= 15 is 0 Å². The molecule has 1 radical (unpaired) electrons. The molecule has 0 aliphatic heterocycles. The molecule has 0 unspecified atom stereocenters. The summed E-state index contributed by atoms with van der Waals surface area (Å²) in [5, 5.41) is 0. The third-order valence-electron chi connectivity index (χ3n) is 1.60. The van der Waals surface area contributed by atoms with Crippen LogP contribution >= 0.6 is 0 Å². The van der Waals surface area contributed by atoms with Crippen molar-refractivity contribution >= 4 is 0 Å². The Bertz CT molecular complexity index is 435. The molecule has 1 rings (SSSR count). The molecule has 8 heteroatoms. The van der Waals surface area contributed by atoms with Gasteiger partial charge in [-0.25, -0.2) is 0 Å². The Balaban J connectivity index is 3.00. The standard InChI is InChI=1S/C10H5F6O2/c1-2-6-5-7(17-9(11,12)13)3-4-8(6)18-10(14,15)16/h3-5H,1H2. The van der Waals surface area contributed by atoms with Crippen LogP contribution < -0.4 is 9.47 Å². The summed E-state index contributed by atoms with van der Waals surface area (Å²) in [5.74, 6) is -1.41. The molecule has 0 saturated heterocycles. The van der Waals surface area contributed by atoms with E-state index in [1.165, 1.54) is 0 Å². The number of halogens is 6. The van der Waals surface area contributed by atoms with E-state index in [4.69, 9.17) is 0 Å². The van der Waals surface area contributed by atoms with E-state index in [0.717, 1.165) is 0 Å². The van der Waals surface area contributed by atoms with Crippen LogP contribution in [0.5, 0.6) is 11.5 Å². The van der Waals surface area contributed by atoms with E-state index in [2.05, 4.69) is 16.1 Å². The average Bonchev–Trinajstić information content (AvgIpc) is 2.16. The van der Waals surface area contributed by atoms with Gasteiger partial charge in [0.2, 0.25) is 0 Å². The summed E-state index contributed by atoms with van der Waals surface area (Å²) < 4.78 is 78.6. The Morgan fingerprint density at radius 3 is 1.94 bits per heavy atom. The number of benzene rings is 1. The second-order valence-corrected chi connectivity index (χ2v) is 2.93. The predicted molar refractivity (Wildman–Crippen MR) is 47.8 cm³/mol. The molecule has 18 heavy (non-hydrogen) atoms. The molecule has 1 aromatic carbocycles. The number of rotatable bonds is 3. The molecule has 99 valence electrons. The number of alkyl halides is 6. The molecule has 0 heterocycles. The Hall–Kier alpha value is -1.86. The Morgan fingerprint density at radius 2 is 1.50 bits per heavy atom. The molecule has 0 aliphatic carbocycles. The third-order valence-corrected chi connectivity index (χ3v) is 1.60. The van der Waals surface area contributed by atoms with Gasteiger partial charge in [-0.1, -0.05) is 6.58 Å². The Labute approximate surface area is 97.4 Å². The lowest BCUT2D eigenvalue weighted by Gasteiger charge is -2.13. The largest absolute Gasteiger partial charge is 0.573 e. The number of hydrogen-bond acceptors (Lipinski definition) is 2. The maximum Gasteiger partial charge on any atom is 0.573 e. The van der Waals surface area contributed by atoms with Gasteiger partial charge in [0.1, 0.15) is 11.5 Å². The van der Waals surface area contributed by atoms with Crippen LogP contribution in [0.4, 0.5) is 26.3 Å². The van der Waals surface area contributed by atoms with Gasteiger partial charge in [0.15, 0.2) is 0 Å². The van der Waals surface area contributed by atoms with Gasteiger partial charge in [0.05, 0.1) is 0 Å². The first-order valence-electron chi connectivity index (χ1n) is 4.29. The first-order chi connectivity index (χ1) is 8.11. The van der Waals surface area contributed by atoms with Crippen molar-refractivity contribution in [3.8, 4) is 11.5 Å². The zero-order chi connectivity index (χ0) is 14.0. The highest BCUT2D eigenvalue weighted by molar-refractivity contribution is 5.43. The molecular formula is C10H5F6O2. The smallest absolute Gasteiger partial charge is 0.406 e. The lowest BCUT2D eigenvalue weighted by atomic mass is 10.2. The van der Waals surface area contributed by atoms with Crippen molar-refractivity contribution in [3.63, 3.8) is 0 Å². The zero-order valence-corrected chi connectivity index (χ0v) is 8.52. The molecule has 0 saturated carbocycles. The van der Waals surface area contributed by atoms with E-state index < -0.39 is 29.8 Å². The lowest BCUT2D eigenvalue weighted by Crippen LogP contribution is -2.19. The Morgan fingerprint density at radius 1 is 0.944 bits per heavy atom. The van der Waals surface area contributed by atoms with E-state index in [1.807, 2.05) is 6.08 Å². The monoisotopic (exact) mass is 271 g/mol. The molecule has 0 N–H and O–H groups in total. The number of hydrogen-bond donors (Lipinski definition) is 0. The topological polar surface area (TPSA) is 18.5 Å². The van der Waals surface area contributed by atoms with E-state index in [9.17, 15) is 26.3 Å². The van der Waals surface area contributed by atoms with E-state index in [0.29, 0.717) is 18.2 Å². The first-order valence-corrected chi connectivity index (χ1v) is 4.29. The highest BCUT2D eigenvalue weighted by atomic mass is 19.4. The van der Waals surface area contributed by atoms with Crippen LogP contribution in [0.1, 0.15) is 5.56 Å². The molecule has 0 bridgehead atoms. The third kappa shape index (κ3) is 4.56. The molecular weight excluding hydrogens is 266 g/mol. The molecule has 2 nitrogen and oxygen atoms in total. The van der Waals surface area contributed by atoms with Crippen molar-refractivity contribution in [2.45, 2.75) is 12.7 Å². The van der Waals surface area contributed by atoms with Crippen LogP contribution in [-0.4, -0.2) is 12.7 Å². The van der Waals surface area contributed by atoms with Gasteiger partial charge in [-0.3, -0.25) is 0 Å². The molecule has 0 aromatic heterocycles. The molecule has 0 fully saturated rings. The van der Waals surface area contributed by atoms with Gasteiger partial charge in [-0.15, -0.1) is 26.3 Å². The van der Waals surface area contributed by atoms with E-state index in [1.54, 1.807) is 0 Å². The second kappa shape index (κ2) is 4.79. The quantitative estimate of drug-likeness (QED) is 0.778. The summed E-state index contributed by atoms with van der Waals surface area (Å²) in [5.41, 5.74) is -0.394. The van der Waals surface area contributed by atoms with Crippen molar-refractivity contribution in [1.82, 2.24) is 0 Å². The van der Waals surface area contributed by atoms with Crippen molar-refractivity contribution in [2.24, 2.45) is 0 Å². The minimum absolute atomic E-state index is 0.394. The second-order valence-electron chi connectivity index (χ2n) is 2.93. The van der Waals surface area contributed by atoms with Crippen molar-refractivity contribution in [1.29, 1.82) is 0 Å². The fourth-order valence-electron chi connectivity index (χ4n) is 1.06. The van der Waals surface area contributed by atoms with E-state index in [-0.39, 0.29) is 0 Å². The van der Waals surface area contributed by atoms with Gasteiger partial charge < -0.3 is 9.47 Å². The van der Waals surface area contributed by atoms with Gasteiger partial charge in [-0.05, 0) is 24.3 Å². The van der Waals surface area contributed by atoms with Gasteiger partial charge >= 0.3 is 12.7 Å². The van der Waals surface area contributed by atoms with Crippen LogP contribution in [0.2, 0.25) is 0 Å². The maximum absolute atomic E-state index is 11.9. The fourth-order valence-corrected chi connectivity index (χ4v) is 1.06. The highest BCUT2D eigenvalue weighted by Gasteiger charge is 2.33. The van der Waals surface area contributed by atoms with Crippen LogP contribution in [0.3, 0.4) is 0 Å². The lowest BCUT2D eigenvalue weighted by molar-refractivity contribution is -0.277. The highest BCUT2D eigenvalue weighted by Crippen LogP contribution is 2.31. The summed E-state index contributed by atoms with van der Waals surface area (Å²) in [7, 11) is 0. The normalized spacial score (nSPS) is 12.1. The molecule has 0 spiro atoms. The van der Waals surface area contributed by atoms with Gasteiger partial charge in [-0.2, -0.15) is 0 Å². The SMILES string of the molecule is C=[C]c1cc(OC(F)(F)F)ccc1OC(F)(F)F. The summed E-state index contributed by atoms with van der Waals surface area (Å²) in [6, 6.07) is 2.05. The minimum atomic E-state index is -4.96. The summed E-state index contributed by atoms with van der Waals surface area (Å²) in [4.78, 5) is 0. The summed E-state index contributed by atoms with van der Waals surface area (Å²) in [6.07, 6.45) is -7.88. The van der Waals surface area contributed by atoms with Crippen LogP contribution in [0.15, 0.2) is 24.8 Å². The summed E-state index contributed by atoms with van der Waals surface area (Å²) >= 11 is 0. The van der Waals surface area contributed by atoms with Gasteiger partial charge in [0, 0.05) is 5.56 Å². The molecule has 1 aromatic rings. The predicted octanol–water partition coefficient (Wildman–Crippen LogP) is 3.82. The molecule has 0 atom stereocenters. The first kappa shape index (κ1) is 14.2.